The molecule has 1 aromatic carbocycles. The summed E-state index contributed by atoms with van der Waals surface area (Å²) in [7, 11) is -1.42. The fraction of sp³-hybridized carbons (Fsp3) is 0.333. The lowest BCUT2D eigenvalue weighted by Gasteiger charge is -2.09. The van der Waals surface area contributed by atoms with Gasteiger partial charge in [-0.3, -0.25) is 0 Å². The molecule has 0 unspecified atom stereocenters. The van der Waals surface area contributed by atoms with Crippen molar-refractivity contribution in [2.75, 3.05) is 6.61 Å². The summed E-state index contributed by atoms with van der Waals surface area (Å²) in [5.41, 5.74) is 1.43. The van der Waals surface area contributed by atoms with Gasteiger partial charge in [0, 0.05) is 5.56 Å². The van der Waals surface area contributed by atoms with Gasteiger partial charge in [0.25, 0.3) is 0 Å². The van der Waals surface area contributed by atoms with Gasteiger partial charge in [-0.25, -0.2) is 0 Å². The quantitative estimate of drug-likeness (QED) is 0.578. The van der Waals surface area contributed by atoms with Gasteiger partial charge in [-0.2, -0.15) is 0 Å². The number of hydrogen-bond donors (Lipinski definition) is 2. The summed E-state index contributed by atoms with van der Waals surface area (Å²) >= 11 is 0. The third-order valence-electron chi connectivity index (χ3n) is 2.18. The molecule has 4 heteroatoms. The average Bonchev–Trinajstić information content (AvgIpc) is 2.29. The summed E-state index contributed by atoms with van der Waals surface area (Å²) in [6, 6.07) is 7.02. The standard InChI is InChI=1S/C12H17BO3/c1-3-5-12(16-4-2)10-6-8-11(9-7-10)13(14)15/h5-9,14-15H,3-4H2,1-2H3/b12-5+. The van der Waals surface area contributed by atoms with E-state index in [1.165, 1.54) is 0 Å². The molecule has 0 bridgehead atoms. The maximum Gasteiger partial charge on any atom is 0.488 e. The van der Waals surface area contributed by atoms with Gasteiger partial charge < -0.3 is 14.8 Å². The summed E-state index contributed by atoms with van der Waals surface area (Å²) < 4.78 is 5.50. The van der Waals surface area contributed by atoms with Crippen molar-refractivity contribution < 1.29 is 14.8 Å². The molecule has 0 spiro atoms. The molecule has 86 valence electrons. The van der Waals surface area contributed by atoms with Crippen LogP contribution in [0.3, 0.4) is 0 Å². The van der Waals surface area contributed by atoms with Gasteiger partial charge in [0.05, 0.1) is 6.61 Å². The summed E-state index contributed by atoms with van der Waals surface area (Å²) in [6.45, 7) is 4.61. The summed E-state index contributed by atoms with van der Waals surface area (Å²) in [5.74, 6) is 0.837. The van der Waals surface area contributed by atoms with Crippen LogP contribution in [0.25, 0.3) is 5.76 Å². The van der Waals surface area contributed by atoms with Crippen LogP contribution in [0.5, 0.6) is 0 Å². The normalized spacial score (nSPS) is 11.4. The van der Waals surface area contributed by atoms with Crippen LogP contribution in [0.2, 0.25) is 0 Å². The highest BCUT2D eigenvalue weighted by Gasteiger charge is 2.10. The van der Waals surface area contributed by atoms with Crippen molar-refractivity contribution in [3.63, 3.8) is 0 Å². The molecular weight excluding hydrogens is 203 g/mol. The van der Waals surface area contributed by atoms with Gasteiger partial charge in [-0.1, -0.05) is 31.2 Å². The van der Waals surface area contributed by atoms with E-state index in [9.17, 15) is 0 Å². The van der Waals surface area contributed by atoms with Gasteiger partial charge in [0.2, 0.25) is 0 Å². The molecule has 0 fully saturated rings. The molecule has 0 aliphatic heterocycles. The first-order valence-corrected chi connectivity index (χ1v) is 5.48. The minimum Gasteiger partial charge on any atom is -0.494 e. The molecule has 1 aromatic rings. The van der Waals surface area contributed by atoms with Gasteiger partial charge >= 0.3 is 7.12 Å². The first-order valence-electron chi connectivity index (χ1n) is 5.48. The van der Waals surface area contributed by atoms with Crippen LogP contribution >= 0.6 is 0 Å². The third kappa shape index (κ3) is 3.40. The third-order valence-corrected chi connectivity index (χ3v) is 2.18. The predicted octanol–water partition coefficient (Wildman–Crippen LogP) is 1.15. The van der Waals surface area contributed by atoms with Crippen LogP contribution in [0.15, 0.2) is 30.3 Å². The Hall–Kier alpha value is -1.26. The number of allylic oxidation sites excluding steroid dienone is 1. The lowest BCUT2D eigenvalue weighted by atomic mass is 9.80. The summed E-state index contributed by atoms with van der Waals surface area (Å²) in [6.07, 6.45) is 2.91. The minimum absolute atomic E-state index is 0.482. The maximum absolute atomic E-state index is 8.97. The lowest BCUT2D eigenvalue weighted by Crippen LogP contribution is -2.29. The molecule has 0 aliphatic rings. The monoisotopic (exact) mass is 220 g/mol. The molecule has 0 radical (unpaired) electrons. The Morgan fingerprint density at radius 3 is 2.31 bits per heavy atom. The highest BCUT2D eigenvalue weighted by Crippen LogP contribution is 2.15. The van der Waals surface area contributed by atoms with Crippen molar-refractivity contribution in [1.82, 2.24) is 0 Å². The second kappa shape index (κ2) is 6.35. The van der Waals surface area contributed by atoms with Gasteiger partial charge in [-0.05, 0) is 24.9 Å². The van der Waals surface area contributed by atoms with E-state index in [0.29, 0.717) is 12.1 Å². The highest BCUT2D eigenvalue weighted by atomic mass is 16.5. The molecule has 3 nitrogen and oxygen atoms in total. The fourth-order valence-corrected chi connectivity index (χ4v) is 1.42. The van der Waals surface area contributed by atoms with Crippen LogP contribution in [-0.2, 0) is 4.74 Å². The zero-order chi connectivity index (χ0) is 12.0. The first kappa shape index (κ1) is 12.8. The number of rotatable bonds is 5. The van der Waals surface area contributed by atoms with Crippen molar-refractivity contribution in [3.05, 3.63) is 35.9 Å². The largest absolute Gasteiger partial charge is 0.494 e. The zero-order valence-electron chi connectivity index (χ0n) is 9.68. The maximum atomic E-state index is 8.97. The Morgan fingerprint density at radius 1 is 1.25 bits per heavy atom. The molecule has 2 N–H and O–H groups in total. The van der Waals surface area contributed by atoms with Crippen molar-refractivity contribution in [2.45, 2.75) is 20.3 Å². The number of benzene rings is 1. The van der Waals surface area contributed by atoms with Crippen LogP contribution in [0.4, 0.5) is 0 Å². The first-order chi connectivity index (χ1) is 7.69. The Morgan fingerprint density at radius 2 is 1.88 bits per heavy atom. The molecule has 1 rings (SSSR count). The Bertz CT molecular complexity index is 344. The Kier molecular flexibility index (Phi) is 5.09. The van der Waals surface area contributed by atoms with Crippen molar-refractivity contribution in [2.24, 2.45) is 0 Å². The van der Waals surface area contributed by atoms with E-state index in [1.807, 2.05) is 32.1 Å². The van der Waals surface area contributed by atoms with Crippen LogP contribution in [0.1, 0.15) is 25.8 Å². The van der Waals surface area contributed by atoms with Gasteiger partial charge in [0.1, 0.15) is 5.76 Å². The highest BCUT2D eigenvalue weighted by molar-refractivity contribution is 6.58. The molecule has 0 heterocycles. The second-order valence-corrected chi connectivity index (χ2v) is 3.41. The molecule has 0 saturated carbocycles. The van der Waals surface area contributed by atoms with E-state index < -0.39 is 7.12 Å². The molecule has 0 saturated heterocycles. The molecule has 0 aliphatic carbocycles. The summed E-state index contributed by atoms with van der Waals surface area (Å²) in [4.78, 5) is 0. The molecule has 0 atom stereocenters. The van der Waals surface area contributed by atoms with Crippen LogP contribution in [-0.4, -0.2) is 23.8 Å². The van der Waals surface area contributed by atoms with E-state index in [-0.39, 0.29) is 0 Å². The molecule has 0 aromatic heterocycles. The molecule has 0 amide bonds. The smallest absolute Gasteiger partial charge is 0.488 e. The van der Waals surface area contributed by atoms with Crippen LogP contribution < -0.4 is 5.46 Å². The van der Waals surface area contributed by atoms with Crippen molar-refractivity contribution in [3.8, 4) is 0 Å². The van der Waals surface area contributed by atoms with Gasteiger partial charge in [-0.15, -0.1) is 0 Å². The number of ether oxygens (including phenoxy) is 1. The zero-order valence-corrected chi connectivity index (χ0v) is 9.68. The van der Waals surface area contributed by atoms with E-state index in [2.05, 4.69) is 0 Å². The SMILES string of the molecule is CC/C=C(/OCC)c1ccc(B(O)O)cc1. The fourth-order valence-electron chi connectivity index (χ4n) is 1.42. The van der Waals surface area contributed by atoms with Crippen LogP contribution in [0, 0.1) is 0 Å². The Balaban J connectivity index is 2.90. The minimum atomic E-state index is -1.42. The predicted molar refractivity (Wildman–Crippen MR) is 66.2 cm³/mol. The number of hydrogen-bond acceptors (Lipinski definition) is 3. The van der Waals surface area contributed by atoms with Crippen molar-refractivity contribution in [1.29, 1.82) is 0 Å². The molecular formula is C12H17BO3. The average molecular weight is 220 g/mol. The van der Waals surface area contributed by atoms with E-state index in [0.717, 1.165) is 17.7 Å². The Labute approximate surface area is 96.5 Å². The summed E-state index contributed by atoms with van der Waals surface area (Å²) in [5, 5.41) is 17.9. The lowest BCUT2D eigenvalue weighted by molar-refractivity contribution is 0.297. The molecule has 16 heavy (non-hydrogen) atoms. The van der Waals surface area contributed by atoms with Crippen molar-refractivity contribution >= 4 is 18.3 Å². The topological polar surface area (TPSA) is 49.7 Å². The van der Waals surface area contributed by atoms with E-state index in [1.54, 1.807) is 12.1 Å². The van der Waals surface area contributed by atoms with E-state index in [4.69, 9.17) is 14.8 Å². The van der Waals surface area contributed by atoms with Gasteiger partial charge in [0.15, 0.2) is 0 Å². The van der Waals surface area contributed by atoms with E-state index >= 15 is 0 Å². The second-order valence-electron chi connectivity index (χ2n) is 3.41.